The van der Waals surface area contributed by atoms with Crippen LogP contribution in [-0.2, 0) is 11.8 Å². The summed E-state index contributed by atoms with van der Waals surface area (Å²) in [4.78, 5) is 39.1. The number of nitrogens with zero attached hydrogens (tertiary/aromatic N) is 5. The Bertz CT molecular complexity index is 1110. The van der Waals surface area contributed by atoms with Crippen LogP contribution in [0.3, 0.4) is 0 Å². The molecule has 28 heavy (non-hydrogen) atoms. The minimum absolute atomic E-state index is 0.0333. The zero-order chi connectivity index (χ0) is 19.7. The zero-order valence-electron chi connectivity index (χ0n) is 15.3. The first-order chi connectivity index (χ1) is 13.5. The van der Waals surface area contributed by atoms with E-state index in [0.29, 0.717) is 43.3 Å². The Hall–Kier alpha value is -3.53. The predicted octanol–water partition coefficient (Wildman–Crippen LogP) is 0.395. The molecule has 0 bridgehead atoms. The molecule has 3 heterocycles. The summed E-state index contributed by atoms with van der Waals surface area (Å²) >= 11 is 0. The van der Waals surface area contributed by atoms with Crippen molar-refractivity contribution >= 4 is 34.3 Å². The molecule has 1 amide bonds. The monoisotopic (exact) mass is 381 g/mol. The number of hydrogen-bond donors (Lipinski definition) is 2. The number of nitrogens with two attached hydrogens (primary N) is 1. The molecular formula is C18H19N7O3. The second-order valence-corrected chi connectivity index (χ2v) is 6.40. The fraction of sp³-hybridized carbons (Fsp3) is 0.278. The molecule has 0 unspecified atom stereocenters. The quantitative estimate of drug-likeness (QED) is 0.667. The Kier molecular flexibility index (Phi) is 4.62. The van der Waals surface area contributed by atoms with E-state index in [-0.39, 0.29) is 17.3 Å². The number of hydrogen-bond acceptors (Lipinski definition) is 8. The largest absolute Gasteiger partial charge is 0.378 e. The van der Waals surface area contributed by atoms with Gasteiger partial charge in [-0.05, 0) is 23.6 Å². The fourth-order valence-corrected chi connectivity index (χ4v) is 2.99. The molecular weight excluding hydrogens is 362 g/mol. The first-order valence-electron chi connectivity index (χ1n) is 8.76. The van der Waals surface area contributed by atoms with Crippen LogP contribution in [0, 0.1) is 0 Å². The van der Waals surface area contributed by atoms with Gasteiger partial charge in [-0.1, -0.05) is 6.07 Å². The molecule has 1 saturated heterocycles. The number of fused-ring (bicyclic) bond motifs is 1. The maximum Gasteiger partial charge on any atom is 0.293 e. The van der Waals surface area contributed by atoms with Gasteiger partial charge >= 0.3 is 0 Å². The maximum absolute atomic E-state index is 12.6. The van der Waals surface area contributed by atoms with Crippen molar-refractivity contribution in [2.45, 2.75) is 0 Å². The van der Waals surface area contributed by atoms with Crippen LogP contribution in [0.25, 0.3) is 10.8 Å². The number of benzene rings is 1. The molecule has 2 aromatic heterocycles. The summed E-state index contributed by atoms with van der Waals surface area (Å²) in [6, 6.07) is 6.95. The zero-order valence-corrected chi connectivity index (χ0v) is 15.3. The molecule has 4 rings (SSSR count). The van der Waals surface area contributed by atoms with E-state index in [1.165, 1.54) is 4.57 Å². The normalized spacial score (nSPS) is 14.2. The molecule has 3 aromatic rings. The third-order valence-corrected chi connectivity index (χ3v) is 4.48. The number of rotatable bonds is 3. The average Bonchev–Trinajstić information content (AvgIpc) is 2.71. The Labute approximate surface area is 160 Å². The van der Waals surface area contributed by atoms with Crippen LogP contribution >= 0.6 is 0 Å². The minimum atomic E-state index is -0.532. The number of morpholine rings is 1. The molecule has 0 atom stereocenters. The van der Waals surface area contributed by atoms with E-state index in [9.17, 15) is 9.59 Å². The Morgan fingerprint density at radius 1 is 1.18 bits per heavy atom. The van der Waals surface area contributed by atoms with Crippen molar-refractivity contribution in [1.29, 1.82) is 0 Å². The highest BCUT2D eigenvalue weighted by atomic mass is 16.5. The number of ether oxygens (including phenoxy) is 1. The number of carbonyl (C=O) groups is 1. The van der Waals surface area contributed by atoms with Gasteiger partial charge in [-0.25, -0.2) is 0 Å². The summed E-state index contributed by atoms with van der Waals surface area (Å²) < 4.78 is 6.79. The maximum atomic E-state index is 12.6. The molecule has 10 nitrogen and oxygen atoms in total. The molecule has 1 fully saturated rings. The molecule has 0 aliphatic carbocycles. The van der Waals surface area contributed by atoms with Crippen molar-refractivity contribution in [1.82, 2.24) is 19.5 Å². The summed E-state index contributed by atoms with van der Waals surface area (Å²) in [5.41, 5.74) is 6.08. The lowest BCUT2D eigenvalue weighted by atomic mass is 10.1. The summed E-state index contributed by atoms with van der Waals surface area (Å²) in [7, 11) is 1.67. The first-order valence-corrected chi connectivity index (χ1v) is 8.76. The van der Waals surface area contributed by atoms with Gasteiger partial charge < -0.3 is 25.3 Å². The van der Waals surface area contributed by atoms with Crippen LogP contribution in [-0.4, -0.2) is 51.7 Å². The SMILES string of the molecule is Cn1ccc2ccc(NC(=O)c3nc(N)nc(N4CCOCC4)n3)cc2c1=O. The molecule has 1 aliphatic heterocycles. The predicted molar refractivity (Wildman–Crippen MR) is 104 cm³/mol. The molecule has 3 N–H and O–H groups in total. The standard InChI is InChI=1S/C18H19N7O3/c1-24-5-4-11-2-3-12(10-13(11)16(24)27)20-15(26)14-21-17(19)23-18(22-14)25-6-8-28-9-7-25/h2-5,10H,6-9H2,1H3,(H,20,26)(H2,19,21,22,23). The summed E-state index contributed by atoms with van der Waals surface area (Å²) in [6.07, 6.45) is 1.70. The van der Waals surface area contributed by atoms with E-state index < -0.39 is 5.91 Å². The van der Waals surface area contributed by atoms with Gasteiger partial charge in [0, 0.05) is 37.4 Å². The highest BCUT2D eigenvalue weighted by molar-refractivity contribution is 6.03. The van der Waals surface area contributed by atoms with Crippen molar-refractivity contribution < 1.29 is 9.53 Å². The van der Waals surface area contributed by atoms with Crippen LogP contribution in [0.15, 0.2) is 35.3 Å². The van der Waals surface area contributed by atoms with Crippen molar-refractivity contribution in [3.05, 3.63) is 46.6 Å². The number of aryl methyl sites for hydroxylation is 1. The van der Waals surface area contributed by atoms with Gasteiger partial charge in [0.05, 0.1) is 13.2 Å². The summed E-state index contributed by atoms with van der Waals surface area (Å²) in [6.45, 7) is 2.33. The lowest BCUT2D eigenvalue weighted by molar-refractivity contribution is 0.101. The minimum Gasteiger partial charge on any atom is -0.378 e. The second kappa shape index (κ2) is 7.24. The lowest BCUT2D eigenvalue weighted by Gasteiger charge is -2.26. The Morgan fingerprint density at radius 3 is 2.75 bits per heavy atom. The fourth-order valence-electron chi connectivity index (χ4n) is 2.99. The van der Waals surface area contributed by atoms with Gasteiger partial charge in [0.25, 0.3) is 11.5 Å². The molecule has 10 heteroatoms. The Morgan fingerprint density at radius 2 is 1.96 bits per heavy atom. The van der Waals surface area contributed by atoms with Gasteiger partial charge in [0.15, 0.2) is 0 Å². The molecule has 0 spiro atoms. The lowest BCUT2D eigenvalue weighted by Crippen LogP contribution is -2.38. The molecule has 0 radical (unpaired) electrons. The van der Waals surface area contributed by atoms with E-state index in [2.05, 4.69) is 20.3 Å². The third-order valence-electron chi connectivity index (χ3n) is 4.48. The van der Waals surface area contributed by atoms with E-state index in [0.717, 1.165) is 5.39 Å². The van der Waals surface area contributed by atoms with Gasteiger partial charge in [-0.15, -0.1) is 0 Å². The number of carbonyl (C=O) groups excluding carboxylic acids is 1. The van der Waals surface area contributed by atoms with Gasteiger partial charge in [0.2, 0.25) is 17.7 Å². The van der Waals surface area contributed by atoms with E-state index >= 15 is 0 Å². The van der Waals surface area contributed by atoms with Gasteiger partial charge in [-0.2, -0.15) is 15.0 Å². The topological polar surface area (TPSA) is 128 Å². The first kappa shape index (κ1) is 17.9. The number of anilines is 3. The van der Waals surface area contributed by atoms with Crippen molar-refractivity contribution in [2.75, 3.05) is 42.3 Å². The summed E-state index contributed by atoms with van der Waals surface area (Å²) in [5.74, 6) is -0.312. The van der Waals surface area contributed by atoms with Crippen LogP contribution in [0.1, 0.15) is 10.6 Å². The van der Waals surface area contributed by atoms with Crippen LogP contribution in [0.5, 0.6) is 0 Å². The summed E-state index contributed by atoms with van der Waals surface area (Å²) in [5, 5.41) is 4.01. The smallest absolute Gasteiger partial charge is 0.293 e. The Balaban J connectivity index is 1.61. The third kappa shape index (κ3) is 3.49. The number of nitrogens with one attached hydrogen (secondary N) is 1. The molecule has 1 aliphatic rings. The van der Waals surface area contributed by atoms with E-state index in [4.69, 9.17) is 10.5 Å². The second-order valence-electron chi connectivity index (χ2n) is 6.40. The van der Waals surface area contributed by atoms with Gasteiger partial charge in [0.1, 0.15) is 0 Å². The number of amides is 1. The number of aromatic nitrogens is 4. The highest BCUT2D eigenvalue weighted by Gasteiger charge is 2.19. The van der Waals surface area contributed by atoms with Crippen LogP contribution in [0.2, 0.25) is 0 Å². The highest BCUT2D eigenvalue weighted by Crippen LogP contribution is 2.17. The van der Waals surface area contributed by atoms with E-state index in [1.54, 1.807) is 31.4 Å². The van der Waals surface area contributed by atoms with Crippen LogP contribution < -0.4 is 21.5 Å². The molecule has 0 saturated carbocycles. The van der Waals surface area contributed by atoms with Crippen LogP contribution in [0.4, 0.5) is 17.6 Å². The molecule has 144 valence electrons. The molecule has 1 aromatic carbocycles. The average molecular weight is 381 g/mol. The number of pyridine rings is 1. The van der Waals surface area contributed by atoms with Crippen molar-refractivity contribution in [2.24, 2.45) is 7.05 Å². The van der Waals surface area contributed by atoms with Gasteiger partial charge in [-0.3, -0.25) is 9.59 Å². The van der Waals surface area contributed by atoms with Crippen molar-refractivity contribution in [3.8, 4) is 0 Å². The van der Waals surface area contributed by atoms with E-state index in [1.807, 2.05) is 11.0 Å². The number of nitrogen functional groups attached to an aromatic ring is 1. The van der Waals surface area contributed by atoms with Crippen molar-refractivity contribution in [3.63, 3.8) is 0 Å².